The summed E-state index contributed by atoms with van der Waals surface area (Å²) in [5.74, 6) is 0.404. The first-order valence-corrected chi connectivity index (χ1v) is 7.80. The van der Waals surface area contributed by atoms with Crippen LogP contribution in [0.15, 0.2) is 22.7 Å². The zero-order valence-corrected chi connectivity index (χ0v) is 13.2. The summed E-state index contributed by atoms with van der Waals surface area (Å²) in [5, 5.41) is 3.27. The molecule has 106 valence electrons. The second-order valence-electron chi connectivity index (χ2n) is 5.26. The first-order chi connectivity index (χ1) is 9.17. The van der Waals surface area contributed by atoms with E-state index in [0.29, 0.717) is 16.4 Å². The van der Waals surface area contributed by atoms with Gasteiger partial charge in [-0.2, -0.15) is 0 Å². The van der Waals surface area contributed by atoms with Crippen LogP contribution < -0.4 is 5.32 Å². The van der Waals surface area contributed by atoms with Crippen LogP contribution >= 0.6 is 15.9 Å². The van der Waals surface area contributed by atoms with Gasteiger partial charge in [0.25, 0.3) is 0 Å². The molecule has 0 radical (unpaired) electrons. The van der Waals surface area contributed by atoms with E-state index in [2.05, 4.69) is 39.1 Å². The maximum Gasteiger partial charge on any atom is 0.137 e. The van der Waals surface area contributed by atoms with Crippen molar-refractivity contribution in [3.63, 3.8) is 0 Å². The minimum atomic E-state index is -0.163. The van der Waals surface area contributed by atoms with Crippen LogP contribution in [0.4, 0.5) is 4.39 Å². The number of hydrogen-bond acceptors (Lipinski definition) is 2. The molecule has 1 aromatic carbocycles. The summed E-state index contributed by atoms with van der Waals surface area (Å²) >= 11 is 3.23. The number of benzene rings is 1. The van der Waals surface area contributed by atoms with Crippen molar-refractivity contribution in [2.75, 3.05) is 26.7 Å². The molecule has 1 aliphatic heterocycles. The van der Waals surface area contributed by atoms with Crippen LogP contribution in [0, 0.1) is 11.7 Å². The molecule has 0 bridgehead atoms. The lowest BCUT2D eigenvalue weighted by Gasteiger charge is -2.28. The van der Waals surface area contributed by atoms with Gasteiger partial charge in [0.05, 0.1) is 4.47 Å². The average Bonchev–Trinajstić information content (AvgIpc) is 2.77. The Hall–Kier alpha value is -0.450. The molecule has 1 heterocycles. The Morgan fingerprint density at radius 3 is 2.89 bits per heavy atom. The SMILES string of the molecule is CCCN1CCC(CNC)C1c1ccc(Br)c(F)c1. The van der Waals surface area contributed by atoms with Crippen molar-refractivity contribution in [2.24, 2.45) is 5.92 Å². The molecule has 1 fully saturated rings. The van der Waals surface area contributed by atoms with E-state index in [-0.39, 0.29) is 5.82 Å². The third-order valence-corrected chi connectivity index (χ3v) is 4.53. The summed E-state index contributed by atoms with van der Waals surface area (Å²) in [6.07, 6.45) is 2.32. The van der Waals surface area contributed by atoms with Crippen LogP contribution in [-0.4, -0.2) is 31.6 Å². The molecular formula is C15H22BrFN2. The van der Waals surface area contributed by atoms with Crippen molar-refractivity contribution in [3.8, 4) is 0 Å². The van der Waals surface area contributed by atoms with Crippen molar-refractivity contribution in [1.82, 2.24) is 10.2 Å². The van der Waals surface area contributed by atoms with Gasteiger partial charge < -0.3 is 5.32 Å². The van der Waals surface area contributed by atoms with Gasteiger partial charge in [-0.25, -0.2) is 4.39 Å². The Morgan fingerprint density at radius 1 is 1.47 bits per heavy atom. The highest BCUT2D eigenvalue weighted by Crippen LogP contribution is 2.37. The molecule has 2 nitrogen and oxygen atoms in total. The van der Waals surface area contributed by atoms with E-state index < -0.39 is 0 Å². The Labute approximate surface area is 123 Å². The molecule has 1 N–H and O–H groups in total. The number of nitrogens with zero attached hydrogens (tertiary/aromatic N) is 1. The van der Waals surface area contributed by atoms with E-state index in [1.165, 1.54) is 6.42 Å². The van der Waals surface area contributed by atoms with Crippen molar-refractivity contribution in [1.29, 1.82) is 0 Å². The fourth-order valence-electron chi connectivity index (χ4n) is 3.12. The third-order valence-electron chi connectivity index (χ3n) is 3.89. The minimum Gasteiger partial charge on any atom is -0.319 e. The van der Waals surface area contributed by atoms with Crippen molar-refractivity contribution < 1.29 is 4.39 Å². The largest absolute Gasteiger partial charge is 0.319 e. The maximum atomic E-state index is 13.8. The predicted molar refractivity (Wildman–Crippen MR) is 80.7 cm³/mol. The summed E-state index contributed by atoms with van der Waals surface area (Å²) in [7, 11) is 1.99. The smallest absolute Gasteiger partial charge is 0.137 e. The summed E-state index contributed by atoms with van der Waals surface area (Å²) in [6.45, 7) is 5.39. The lowest BCUT2D eigenvalue weighted by atomic mass is 9.93. The molecule has 0 amide bonds. The Balaban J connectivity index is 2.26. The van der Waals surface area contributed by atoms with Gasteiger partial charge in [0.2, 0.25) is 0 Å². The van der Waals surface area contributed by atoms with E-state index in [0.717, 1.165) is 31.6 Å². The Kier molecular flexibility index (Phi) is 5.37. The van der Waals surface area contributed by atoms with Gasteiger partial charge in [-0.1, -0.05) is 13.0 Å². The topological polar surface area (TPSA) is 15.3 Å². The summed E-state index contributed by atoms with van der Waals surface area (Å²) in [6, 6.07) is 5.90. The number of nitrogens with one attached hydrogen (secondary N) is 1. The Bertz CT molecular complexity index is 411. The number of likely N-dealkylation sites (tertiary alicyclic amines) is 1. The minimum absolute atomic E-state index is 0.163. The quantitative estimate of drug-likeness (QED) is 0.888. The van der Waals surface area contributed by atoms with Crippen LogP contribution in [0.2, 0.25) is 0 Å². The highest BCUT2D eigenvalue weighted by molar-refractivity contribution is 9.10. The molecule has 2 unspecified atom stereocenters. The average molecular weight is 329 g/mol. The Morgan fingerprint density at radius 2 is 2.26 bits per heavy atom. The molecule has 0 aliphatic carbocycles. The van der Waals surface area contributed by atoms with Crippen LogP contribution in [0.5, 0.6) is 0 Å². The highest BCUT2D eigenvalue weighted by atomic mass is 79.9. The second-order valence-corrected chi connectivity index (χ2v) is 6.12. The van der Waals surface area contributed by atoms with E-state index in [9.17, 15) is 4.39 Å². The van der Waals surface area contributed by atoms with Gasteiger partial charge in [-0.3, -0.25) is 4.90 Å². The summed E-state index contributed by atoms with van der Waals surface area (Å²) in [4.78, 5) is 2.49. The van der Waals surface area contributed by atoms with Crippen LogP contribution in [0.3, 0.4) is 0 Å². The van der Waals surface area contributed by atoms with Gasteiger partial charge in [0.1, 0.15) is 5.82 Å². The molecule has 0 saturated carbocycles. The third kappa shape index (κ3) is 3.36. The first-order valence-electron chi connectivity index (χ1n) is 7.01. The van der Waals surface area contributed by atoms with Crippen LogP contribution in [0.1, 0.15) is 31.4 Å². The van der Waals surface area contributed by atoms with Gasteiger partial charge in [-0.05, 0) is 79.1 Å². The maximum absolute atomic E-state index is 13.8. The first kappa shape index (κ1) is 14.9. The number of halogens is 2. The van der Waals surface area contributed by atoms with E-state index in [1.54, 1.807) is 6.07 Å². The van der Waals surface area contributed by atoms with Crippen molar-refractivity contribution in [2.45, 2.75) is 25.8 Å². The molecular weight excluding hydrogens is 307 g/mol. The lowest BCUT2D eigenvalue weighted by Crippen LogP contribution is -2.29. The van der Waals surface area contributed by atoms with Gasteiger partial charge in [0, 0.05) is 6.04 Å². The zero-order valence-electron chi connectivity index (χ0n) is 11.6. The van der Waals surface area contributed by atoms with Gasteiger partial charge in [0.15, 0.2) is 0 Å². The lowest BCUT2D eigenvalue weighted by molar-refractivity contribution is 0.227. The van der Waals surface area contributed by atoms with E-state index >= 15 is 0 Å². The van der Waals surface area contributed by atoms with Crippen molar-refractivity contribution >= 4 is 15.9 Å². The molecule has 0 aromatic heterocycles. The van der Waals surface area contributed by atoms with Crippen LogP contribution in [0.25, 0.3) is 0 Å². The zero-order chi connectivity index (χ0) is 13.8. The monoisotopic (exact) mass is 328 g/mol. The van der Waals surface area contributed by atoms with Gasteiger partial charge >= 0.3 is 0 Å². The number of hydrogen-bond donors (Lipinski definition) is 1. The van der Waals surface area contributed by atoms with Gasteiger partial charge in [-0.15, -0.1) is 0 Å². The fourth-order valence-corrected chi connectivity index (χ4v) is 3.37. The highest BCUT2D eigenvalue weighted by Gasteiger charge is 2.34. The second kappa shape index (κ2) is 6.82. The molecule has 1 aromatic rings. The molecule has 2 rings (SSSR count). The molecule has 1 saturated heterocycles. The van der Waals surface area contributed by atoms with E-state index in [4.69, 9.17) is 0 Å². The molecule has 4 heteroatoms. The molecule has 2 atom stereocenters. The number of rotatable bonds is 5. The van der Waals surface area contributed by atoms with E-state index in [1.807, 2.05) is 13.1 Å². The molecule has 19 heavy (non-hydrogen) atoms. The fraction of sp³-hybridized carbons (Fsp3) is 0.600. The molecule has 0 spiro atoms. The molecule has 1 aliphatic rings. The normalized spacial score (nSPS) is 24.0. The summed E-state index contributed by atoms with van der Waals surface area (Å²) in [5.41, 5.74) is 1.10. The predicted octanol–water partition coefficient (Wildman–Crippen LogP) is 3.58. The van der Waals surface area contributed by atoms with Crippen molar-refractivity contribution in [3.05, 3.63) is 34.1 Å². The summed E-state index contributed by atoms with van der Waals surface area (Å²) < 4.78 is 14.3. The standard InChI is InChI=1S/C15H22BrFN2/c1-3-7-19-8-6-12(10-18-2)15(19)11-4-5-13(16)14(17)9-11/h4-5,9,12,15,18H,3,6-8,10H2,1-2H3. The van der Waals surface area contributed by atoms with Crippen LogP contribution in [-0.2, 0) is 0 Å².